The van der Waals surface area contributed by atoms with E-state index in [0.29, 0.717) is 19.5 Å². The van der Waals surface area contributed by atoms with Gasteiger partial charge in [-0.1, -0.05) is 27.7 Å². The second-order valence-electron chi connectivity index (χ2n) is 5.72. The minimum Gasteiger partial charge on any atom is -0.480 e. The molecule has 6 heteroatoms. The number of carboxylic acid groups (broad SMARTS) is 1. The Balaban J connectivity index is 4.69. The number of carboxylic acids is 1. The van der Waals surface area contributed by atoms with Gasteiger partial charge in [-0.25, -0.2) is 9.59 Å². The van der Waals surface area contributed by atoms with Gasteiger partial charge in [0.05, 0.1) is 12.5 Å². The SMILES string of the molecule is CC(C)CC(NC(=O)N(CCC#N)CC(C)C)C(=O)O. The Morgan fingerprint density at radius 3 is 2.25 bits per heavy atom. The fourth-order valence-corrected chi connectivity index (χ4v) is 1.83. The van der Waals surface area contributed by atoms with E-state index in [9.17, 15) is 9.59 Å². The number of hydrogen-bond acceptors (Lipinski definition) is 3. The predicted molar refractivity (Wildman–Crippen MR) is 76.1 cm³/mol. The lowest BCUT2D eigenvalue weighted by Gasteiger charge is -2.26. The third kappa shape index (κ3) is 7.62. The lowest BCUT2D eigenvalue weighted by molar-refractivity contribution is -0.139. The summed E-state index contributed by atoms with van der Waals surface area (Å²) in [6, 6.07) is 0.692. The number of aliphatic carboxylic acids is 1. The number of nitriles is 1. The molecule has 2 N–H and O–H groups in total. The third-order valence-electron chi connectivity index (χ3n) is 2.67. The second-order valence-corrected chi connectivity index (χ2v) is 5.72. The number of amides is 2. The predicted octanol–water partition coefficient (Wildman–Crippen LogP) is 2.07. The van der Waals surface area contributed by atoms with Crippen LogP contribution in [-0.2, 0) is 4.79 Å². The van der Waals surface area contributed by atoms with Crippen LogP contribution in [0.2, 0.25) is 0 Å². The normalized spacial score (nSPS) is 12.1. The van der Waals surface area contributed by atoms with Crippen LogP contribution < -0.4 is 5.32 Å². The minimum atomic E-state index is -1.03. The summed E-state index contributed by atoms with van der Waals surface area (Å²) in [6.45, 7) is 8.56. The summed E-state index contributed by atoms with van der Waals surface area (Å²) in [7, 11) is 0. The summed E-state index contributed by atoms with van der Waals surface area (Å²) >= 11 is 0. The van der Waals surface area contributed by atoms with Crippen molar-refractivity contribution in [2.45, 2.75) is 46.6 Å². The third-order valence-corrected chi connectivity index (χ3v) is 2.67. The molecule has 0 spiro atoms. The van der Waals surface area contributed by atoms with E-state index in [1.807, 2.05) is 33.8 Å². The molecule has 0 saturated carbocycles. The molecule has 0 heterocycles. The van der Waals surface area contributed by atoms with Crippen molar-refractivity contribution in [2.24, 2.45) is 11.8 Å². The Hall–Kier alpha value is -1.77. The van der Waals surface area contributed by atoms with Gasteiger partial charge in [0.25, 0.3) is 0 Å². The van der Waals surface area contributed by atoms with Crippen molar-refractivity contribution in [3.63, 3.8) is 0 Å². The summed E-state index contributed by atoms with van der Waals surface area (Å²) in [5, 5.41) is 20.3. The van der Waals surface area contributed by atoms with Crippen LogP contribution in [0.3, 0.4) is 0 Å². The van der Waals surface area contributed by atoms with Gasteiger partial charge in [0, 0.05) is 13.1 Å². The van der Waals surface area contributed by atoms with Crippen molar-refractivity contribution in [3.8, 4) is 6.07 Å². The quantitative estimate of drug-likeness (QED) is 0.713. The van der Waals surface area contributed by atoms with Crippen molar-refractivity contribution in [1.29, 1.82) is 5.26 Å². The number of urea groups is 1. The van der Waals surface area contributed by atoms with Crippen LogP contribution in [0.5, 0.6) is 0 Å². The molecule has 0 radical (unpaired) electrons. The van der Waals surface area contributed by atoms with Crippen LogP contribution in [0, 0.1) is 23.2 Å². The van der Waals surface area contributed by atoms with Crippen molar-refractivity contribution < 1.29 is 14.7 Å². The fraction of sp³-hybridized carbons (Fsp3) is 0.786. The van der Waals surface area contributed by atoms with Gasteiger partial charge in [-0.2, -0.15) is 5.26 Å². The van der Waals surface area contributed by atoms with Crippen LogP contribution in [0.15, 0.2) is 0 Å². The lowest BCUT2D eigenvalue weighted by Crippen LogP contribution is -2.49. The van der Waals surface area contributed by atoms with Gasteiger partial charge >= 0.3 is 12.0 Å². The molecule has 0 aliphatic rings. The highest BCUT2D eigenvalue weighted by Gasteiger charge is 2.24. The van der Waals surface area contributed by atoms with E-state index in [1.54, 1.807) is 0 Å². The molecule has 0 aromatic heterocycles. The maximum Gasteiger partial charge on any atom is 0.326 e. The molecule has 0 aromatic rings. The standard InChI is InChI=1S/C14H25N3O3/c1-10(2)8-12(13(18)19)16-14(20)17(7-5-6-15)9-11(3)4/h10-12H,5,7-9H2,1-4H3,(H,16,20)(H,18,19). The molecule has 20 heavy (non-hydrogen) atoms. The average molecular weight is 283 g/mol. The molecule has 0 aromatic carbocycles. The Morgan fingerprint density at radius 2 is 1.85 bits per heavy atom. The van der Waals surface area contributed by atoms with Gasteiger partial charge in [-0.3, -0.25) is 0 Å². The van der Waals surface area contributed by atoms with Crippen LogP contribution in [0.25, 0.3) is 0 Å². The molecular formula is C14H25N3O3. The van der Waals surface area contributed by atoms with E-state index in [-0.39, 0.29) is 18.3 Å². The van der Waals surface area contributed by atoms with E-state index in [1.165, 1.54) is 4.90 Å². The summed E-state index contributed by atoms with van der Waals surface area (Å²) in [6.07, 6.45) is 0.622. The molecule has 0 aliphatic heterocycles. The molecule has 2 amide bonds. The van der Waals surface area contributed by atoms with Crippen LogP contribution >= 0.6 is 0 Å². The van der Waals surface area contributed by atoms with Crippen molar-refractivity contribution >= 4 is 12.0 Å². The maximum atomic E-state index is 12.1. The Bertz CT molecular complexity index is 361. The summed E-state index contributed by atoms with van der Waals surface area (Å²) in [4.78, 5) is 24.8. The Labute approximate surface area is 120 Å². The molecule has 1 atom stereocenters. The minimum absolute atomic E-state index is 0.175. The highest BCUT2D eigenvalue weighted by atomic mass is 16.4. The first kappa shape index (κ1) is 18.2. The van der Waals surface area contributed by atoms with Crippen molar-refractivity contribution in [2.75, 3.05) is 13.1 Å². The first-order valence-corrected chi connectivity index (χ1v) is 6.93. The average Bonchev–Trinajstić information content (AvgIpc) is 2.32. The molecule has 6 nitrogen and oxygen atoms in total. The summed E-state index contributed by atoms with van der Waals surface area (Å²) < 4.78 is 0. The van der Waals surface area contributed by atoms with Crippen molar-refractivity contribution in [1.82, 2.24) is 10.2 Å². The number of nitrogens with zero attached hydrogens (tertiary/aromatic N) is 2. The smallest absolute Gasteiger partial charge is 0.326 e. The van der Waals surface area contributed by atoms with E-state index in [4.69, 9.17) is 10.4 Å². The molecule has 0 aliphatic carbocycles. The Kier molecular flexibility index (Phi) is 8.37. The number of nitrogens with one attached hydrogen (secondary N) is 1. The zero-order valence-electron chi connectivity index (χ0n) is 12.7. The number of rotatable bonds is 8. The molecule has 0 rings (SSSR count). The summed E-state index contributed by atoms with van der Waals surface area (Å²) in [5.41, 5.74) is 0. The largest absolute Gasteiger partial charge is 0.480 e. The molecule has 1 unspecified atom stereocenters. The van der Waals surface area contributed by atoms with Gasteiger partial charge in [0.1, 0.15) is 6.04 Å². The van der Waals surface area contributed by atoms with E-state index >= 15 is 0 Å². The van der Waals surface area contributed by atoms with Crippen LogP contribution in [-0.4, -0.2) is 41.1 Å². The van der Waals surface area contributed by atoms with E-state index in [2.05, 4.69) is 5.32 Å². The number of carbonyl (C=O) groups is 2. The molecule has 0 saturated heterocycles. The van der Waals surface area contributed by atoms with Crippen LogP contribution in [0.4, 0.5) is 4.79 Å². The van der Waals surface area contributed by atoms with Gasteiger partial charge in [0.2, 0.25) is 0 Å². The zero-order valence-corrected chi connectivity index (χ0v) is 12.7. The lowest BCUT2D eigenvalue weighted by atomic mass is 10.0. The highest BCUT2D eigenvalue weighted by molar-refractivity contribution is 5.82. The molecule has 0 fully saturated rings. The first-order chi connectivity index (χ1) is 9.27. The molecule has 114 valence electrons. The monoisotopic (exact) mass is 283 g/mol. The van der Waals surface area contributed by atoms with Crippen LogP contribution in [0.1, 0.15) is 40.5 Å². The highest BCUT2D eigenvalue weighted by Crippen LogP contribution is 2.07. The molecular weight excluding hydrogens is 258 g/mol. The van der Waals surface area contributed by atoms with Gasteiger partial charge in [0.15, 0.2) is 0 Å². The summed E-state index contributed by atoms with van der Waals surface area (Å²) in [5.74, 6) is -0.598. The van der Waals surface area contributed by atoms with E-state index in [0.717, 1.165) is 0 Å². The van der Waals surface area contributed by atoms with E-state index < -0.39 is 18.0 Å². The first-order valence-electron chi connectivity index (χ1n) is 6.93. The van der Waals surface area contributed by atoms with Gasteiger partial charge in [-0.05, 0) is 18.3 Å². The molecule has 0 bridgehead atoms. The fourth-order valence-electron chi connectivity index (χ4n) is 1.83. The van der Waals surface area contributed by atoms with Gasteiger partial charge < -0.3 is 15.3 Å². The second kappa shape index (κ2) is 9.18. The maximum absolute atomic E-state index is 12.1. The number of carbonyl (C=O) groups excluding carboxylic acids is 1. The topological polar surface area (TPSA) is 93.4 Å². The number of hydrogen-bond donors (Lipinski definition) is 2. The van der Waals surface area contributed by atoms with Gasteiger partial charge in [-0.15, -0.1) is 0 Å². The Morgan fingerprint density at radius 1 is 1.25 bits per heavy atom. The zero-order chi connectivity index (χ0) is 15.7. The van der Waals surface area contributed by atoms with Crippen molar-refractivity contribution in [3.05, 3.63) is 0 Å².